The highest BCUT2D eigenvalue weighted by Crippen LogP contribution is 2.27. The van der Waals surface area contributed by atoms with Gasteiger partial charge in [0.25, 0.3) is 0 Å². The lowest BCUT2D eigenvalue weighted by Crippen LogP contribution is -2.19. The van der Waals surface area contributed by atoms with Crippen molar-refractivity contribution in [2.24, 2.45) is 5.73 Å². The number of nitrogens with two attached hydrogens (primary N) is 1. The van der Waals surface area contributed by atoms with Crippen LogP contribution in [0.25, 0.3) is 11.1 Å². The molecule has 3 nitrogen and oxygen atoms in total. The van der Waals surface area contributed by atoms with Crippen LogP contribution in [0, 0.1) is 6.92 Å². The predicted molar refractivity (Wildman–Crippen MR) is 101 cm³/mol. The number of nitrogens with zero attached hydrogens (tertiary/aromatic N) is 2. The second-order valence-corrected chi connectivity index (χ2v) is 6.82. The van der Waals surface area contributed by atoms with E-state index in [4.69, 9.17) is 15.7 Å². The second-order valence-electron chi connectivity index (χ2n) is 6.82. The fourth-order valence-electron chi connectivity index (χ4n) is 3.65. The second kappa shape index (κ2) is 6.77. The lowest BCUT2D eigenvalue weighted by molar-refractivity contribution is 0.551. The summed E-state index contributed by atoms with van der Waals surface area (Å²) in [5, 5.41) is 0. The van der Waals surface area contributed by atoms with Gasteiger partial charge in [-0.25, -0.2) is 0 Å². The van der Waals surface area contributed by atoms with E-state index in [1.807, 2.05) is 6.07 Å². The van der Waals surface area contributed by atoms with Gasteiger partial charge in [-0.05, 0) is 49.4 Å². The number of fused-ring (bicyclic) bond motifs is 1. The van der Waals surface area contributed by atoms with Crippen LogP contribution in [0.1, 0.15) is 47.2 Å². The molecule has 2 N–H and O–H groups in total. The molecule has 0 amide bonds. The van der Waals surface area contributed by atoms with E-state index in [0.717, 1.165) is 48.5 Å². The van der Waals surface area contributed by atoms with Crippen molar-refractivity contribution in [3.63, 3.8) is 0 Å². The summed E-state index contributed by atoms with van der Waals surface area (Å²) in [6, 6.07) is 19.1. The van der Waals surface area contributed by atoms with E-state index in [1.165, 1.54) is 16.7 Å². The van der Waals surface area contributed by atoms with Gasteiger partial charge in [-0.3, -0.25) is 9.97 Å². The van der Waals surface area contributed by atoms with E-state index in [2.05, 4.69) is 55.5 Å². The Balaban J connectivity index is 1.59. The summed E-state index contributed by atoms with van der Waals surface area (Å²) in [6.45, 7) is 2.07. The molecule has 0 aliphatic heterocycles. The molecule has 1 unspecified atom stereocenters. The normalized spacial score (nSPS) is 16.5. The van der Waals surface area contributed by atoms with Crippen LogP contribution in [0.2, 0.25) is 0 Å². The van der Waals surface area contributed by atoms with Crippen LogP contribution in [0.5, 0.6) is 0 Å². The molecule has 0 fully saturated rings. The zero-order chi connectivity index (χ0) is 17.2. The lowest BCUT2D eigenvalue weighted by Gasteiger charge is -2.21. The van der Waals surface area contributed by atoms with Gasteiger partial charge in [0.2, 0.25) is 0 Å². The van der Waals surface area contributed by atoms with Gasteiger partial charge in [-0.1, -0.05) is 42.5 Å². The molecule has 0 saturated carbocycles. The van der Waals surface area contributed by atoms with Gasteiger partial charge in [0.05, 0.1) is 5.69 Å². The van der Waals surface area contributed by atoms with Crippen molar-refractivity contribution in [3.8, 4) is 11.1 Å². The van der Waals surface area contributed by atoms with E-state index < -0.39 is 0 Å². The first-order chi connectivity index (χ1) is 12.2. The molecule has 3 heteroatoms. The lowest BCUT2D eigenvalue weighted by atomic mass is 9.92. The van der Waals surface area contributed by atoms with Crippen molar-refractivity contribution in [1.29, 1.82) is 0 Å². The van der Waals surface area contributed by atoms with Gasteiger partial charge in [-0.2, -0.15) is 0 Å². The summed E-state index contributed by atoms with van der Waals surface area (Å²) in [6.07, 6.45) is 4.04. The third-order valence-electron chi connectivity index (χ3n) is 4.97. The quantitative estimate of drug-likeness (QED) is 0.776. The molecule has 3 aromatic rings. The molecule has 1 aliphatic rings. The molecule has 2 heterocycles. The van der Waals surface area contributed by atoms with Gasteiger partial charge < -0.3 is 5.73 Å². The Morgan fingerprint density at radius 1 is 0.960 bits per heavy atom. The van der Waals surface area contributed by atoms with Gasteiger partial charge in [-0.15, -0.1) is 0 Å². The van der Waals surface area contributed by atoms with Crippen molar-refractivity contribution >= 4 is 0 Å². The maximum atomic E-state index is 6.24. The highest BCUT2D eigenvalue weighted by atomic mass is 14.8. The number of pyridine rings is 2. The summed E-state index contributed by atoms with van der Waals surface area (Å²) < 4.78 is 0. The molecule has 0 saturated heterocycles. The van der Waals surface area contributed by atoms with E-state index in [0.29, 0.717) is 0 Å². The molecule has 1 aromatic carbocycles. The van der Waals surface area contributed by atoms with Crippen LogP contribution in [0.15, 0.2) is 54.6 Å². The first-order valence-corrected chi connectivity index (χ1v) is 8.97. The number of benzene rings is 1. The Hall–Kier alpha value is -2.52. The topological polar surface area (TPSA) is 51.8 Å². The largest absolute Gasteiger partial charge is 0.323 e. The van der Waals surface area contributed by atoms with Crippen molar-refractivity contribution in [2.75, 3.05) is 0 Å². The monoisotopic (exact) mass is 329 g/mol. The number of hydrogen-bond acceptors (Lipinski definition) is 3. The van der Waals surface area contributed by atoms with E-state index in [9.17, 15) is 0 Å². The van der Waals surface area contributed by atoms with Crippen LogP contribution in [-0.2, 0) is 12.8 Å². The first-order valence-electron chi connectivity index (χ1n) is 8.97. The highest BCUT2D eigenvalue weighted by molar-refractivity contribution is 5.65. The molecule has 25 heavy (non-hydrogen) atoms. The average molecular weight is 329 g/mol. The molecular weight excluding hydrogens is 306 g/mol. The standard InChI is InChI=1S/C22H23N3/c1-15-20(16-6-3-2-4-7-16)13-12-18(24-15)14-19-11-10-17-8-5-9-21(23)22(17)25-19/h2-4,6-7,10-13,21H,5,8-9,14,23H2,1H3. The van der Waals surface area contributed by atoms with Crippen LogP contribution >= 0.6 is 0 Å². The minimum atomic E-state index is 0.0823. The number of aromatic nitrogens is 2. The van der Waals surface area contributed by atoms with Crippen molar-refractivity contribution in [2.45, 2.75) is 38.6 Å². The van der Waals surface area contributed by atoms with Crippen LogP contribution in [-0.4, -0.2) is 9.97 Å². The minimum absolute atomic E-state index is 0.0823. The molecule has 0 spiro atoms. The fraction of sp³-hybridized carbons (Fsp3) is 0.273. The van der Waals surface area contributed by atoms with E-state index >= 15 is 0 Å². The summed E-state index contributed by atoms with van der Waals surface area (Å²) in [4.78, 5) is 9.64. The Labute approximate surface area is 149 Å². The zero-order valence-electron chi connectivity index (χ0n) is 14.6. The molecule has 126 valence electrons. The number of hydrogen-bond donors (Lipinski definition) is 1. The maximum Gasteiger partial charge on any atom is 0.0606 e. The highest BCUT2D eigenvalue weighted by Gasteiger charge is 2.18. The molecule has 0 bridgehead atoms. The first kappa shape index (κ1) is 16.0. The maximum absolute atomic E-state index is 6.24. The van der Waals surface area contributed by atoms with Gasteiger partial charge in [0.1, 0.15) is 0 Å². The van der Waals surface area contributed by atoms with Crippen LogP contribution in [0.4, 0.5) is 0 Å². The zero-order valence-corrected chi connectivity index (χ0v) is 14.6. The molecule has 1 atom stereocenters. The van der Waals surface area contributed by atoms with Gasteiger partial charge in [0.15, 0.2) is 0 Å². The predicted octanol–water partition coefficient (Wildman–Crippen LogP) is 4.38. The smallest absolute Gasteiger partial charge is 0.0606 e. The molecule has 0 radical (unpaired) electrons. The average Bonchev–Trinajstić information content (AvgIpc) is 2.63. The van der Waals surface area contributed by atoms with E-state index in [-0.39, 0.29) is 6.04 Å². The molecule has 1 aliphatic carbocycles. The van der Waals surface area contributed by atoms with Crippen molar-refractivity contribution < 1.29 is 0 Å². The minimum Gasteiger partial charge on any atom is -0.323 e. The Morgan fingerprint density at radius 2 is 1.72 bits per heavy atom. The third kappa shape index (κ3) is 3.33. The number of rotatable bonds is 3. The fourth-order valence-corrected chi connectivity index (χ4v) is 3.65. The Morgan fingerprint density at radius 3 is 2.52 bits per heavy atom. The molecular formula is C22H23N3. The Bertz CT molecular complexity index is 887. The van der Waals surface area contributed by atoms with Gasteiger partial charge >= 0.3 is 0 Å². The summed E-state index contributed by atoms with van der Waals surface area (Å²) in [7, 11) is 0. The summed E-state index contributed by atoms with van der Waals surface area (Å²) >= 11 is 0. The summed E-state index contributed by atoms with van der Waals surface area (Å²) in [5.74, 6) is 0. The van der Waals surface area contributed by atoms with Crippen molar-refractivity contribution in [1.82, 2.24) is 9.97 Å². The SMILES string of the molecule is Cc1nc(Cc2ccc3c(n2)C(N)CCC3)ccc1-c1ccccc1. The van der Waals surface area contributed by atoms with E-state index in [1.54, 1.807) is 0 Å². The molecule has 2 aromatic heterocycles. The summed E-state index contributed by atoms with van der Waals surface area (Å²) in [5.41, 5.74) is 14.2. The third-order valence-corrected chi connectivity index (χ3v) is 4.97. The van der Waals surface area contributed by atoms with Crippen LogP contribution < -0.4 is 5.73 Å². The molecule has 4 rings (SSSR count). The van der Waals surface area contributed by atoms with Gasteiger partial charge in [0, 0.05) is 35.1 Å². The number of aryl methyl sites for hydroxylation is 2. The Kier molecular flexibility index (Phi) is 4.33. The van der Waals surface area contributed by atoms with Crippen LogP contribution in [0.3, 0.4) is 0 Å². The van der Waals surface area contributed by atoms with Crippen molar-refractivity contribution in [3.05, 3.63) is 82.9 Å².